The largest absolute Gasteiger partial charge is 0.495 e. The highest BCUT2D eigenvalue weighted by molar-refractivity contribution is 6.29. The lowest BCUT2D eigenvalue weighted by Crippen LogP contribution is -2.47. The first-order chi connectivity index (χ1) is 27.0. The van der Waals surface area contributed by atoms with E-state index in [9.17, 15) is 0 Å². The number of methoxy groups -OCH3 is 1. The van der Waals surface area contributed by atoms with Gasteiger partial charge in [-0.05, 0) is 75.3 Å². The third-order valence-electron chi connectivity index (χ3n) is 13.1. The number of imide groups is 1. The molecule has 4 unspecified atom stereocenters. The Balaban J connectivity index is 1.02. The minimum absolute atomic E-state index is 0.0579. The summed E-state index contributed by atoms with van der Waals surface area (Å²) in [5.74, 6) is -1.32. The molecule has 7 nitrogen and oxygen atoms in total. The van der Waals surface area contributed by atoms with E-state index >= 15 is 14.4 Å². The number of amides is 2. The third-order valence-corrected chi connectivity index (χ3v) is 13.1. The molecule has 0 N–H and O–H groups in total. The third kappa shape index (κ3) is 4.56. The van der Waals surface area contributed by atoms with Crippen molar-refractivity contribution in [1.82, 2.24) is 9.80 Å². The van der Waals surface area contributed by atoms with E-state index in [-0.39, 0.29) is 17.6 Å². The lowest BCUT2D eigenvalue weighted by atomic mass is 9.59. The second kappa shape index (κ2) is 12.9. The normalized spacial score (nSPS) is 24.6. The summed E-state index contributed by atoms with van der Waals surface area (Å²) in [6.45, 7) is 4.93. The molecular weight excluding hydrogens is 683 g/mol. The first kappa shape index (κ1) is 33.8. The monoisotopic (exact) mass is 725 g/mol. The van der Waals surface area contributed by atoms with E-state index in [0.29, 0.717) is 13.0 Å². The van der Waals surface area contributed by atoms with E-state index in [0.717, 1.165) is 94.4 Å². The quantitative estimate of drug-likeness (QED) is 0.0881. The van der Waals surface area contributed by atoms with Crippen LogP contribution in [-0.2, 0) is 25.2 Å². The number of likely N-dealkylation sites (tertiary alicyclic amines) is 1. The van der Waals surface area contributed by atoms with E-state index in [1.165, 1.54) is 4.90 Å². The van der Waals surface area contributed by atoms with Gasteiger partial charge < -0.3 is 9.64 Å². The smallest absolute Gasteiger partial charge is 0.234 e. The van der Waals surface area contributed by atoms with Gasteiger partial charge in [0.25, 0.3) is 0 Å². The van der Waals surface area contributed by atoms with Crippen LogP contribution in [0.2, 0.25) is 0 Å². The second-order valence-corrected chi connectivity index (χ2v) is 15.5. The van der Waals surface area contributed by atoms with Crippen LogP contribution in [0.1, 0.15) is 35.1 Å². The average Bonchev–Trinajstić information content (AvgIpc) is 3.75. The Kier molecular flexibility index (Phi) is 7.93. The summed E-state index contributed by atoms with van der Waals surface area (Å²) in [7, 11) is 1.71. The number of hydrogen-bond acceptors (Lipinski definition) is 6. The van der Waals surface area contributed by atoms with Crippen LogP contribution in [0.5, 0.6) is 5.75 Å². The second-order valence-electron chi connectivity index (χ2n) is 15.5. The Hall–Kier alpha value is -5.79. The fraction of sp³-hybridized carbons (Fsp3) is 0.271. The van der Waals surface area contributed by atoms with Crippen molar-refractivity contribution in [3.05, 3.63) is 156 Å². The summed E-state index contributed by atoms with van der Waals surface area (Å²) in [5.41, 5.74) is 1.80. The Labute approximate surface area is 321 Å². The number of para-hydroxylation sites is 2. The van der Waals surface area contributed by atoms with Gasteiger partial charge >= 0.3 is 0 Å². The van der Waals surface area contributed by atoms with Crippen molar-refractivity contribution in [2.45, 2.75) is 23.7 Å². The van der Waals surface area contributed by atoms with Crippen molar-refractivity contribution in [1.29, 1.82) is 0 Å². The van der Waals surface area contributed by atoms with Crippen molar-refractivity contribution in [2.24, 2.45) is 11.8 Å². The van der Waals surface area contributed by atoms with Crippen LogP contribution in [0.3, 0.4) is 0 Å². The number of anilines is 1. The van der Waals surface area contributed by atoms with Gasteiger partial charge in [0.1, 0.15) is 5.75 Å². The van der Waals surface area contributed by atoms with E-state index in [4.69, 9.17) is 4.74 Å². The molecule has 7 heteroatoms. The number of carbonyl (C=O) groups excluding carboxylic acids is 3. The number of fused-ring (bicyclic) bond motifs is 13. The summed E-state index contributed by atoms with van der Waals surface area (Å²) in [4.78, 5) is 52.7. The zero-order valence-electron chi connectivity index (χ0n) is 31.0. The summed E-state index contributed by atoms with van der Waals surface area (Å²) in [6.07, 6.45) is 1.57. The Morgan fingerprint density at radius 2 is 1.00 bits per heavy atom. The molecule has 1 saturated carbocycles. The molecule has 0 spiro atoms. The molecule has 2 bridgehead atoms. The number of carbonyl (C=O) groups is 3. The molecular formula is C48H43N3O4. The predicted octanol–water partition coefficient (Wildman–Crippen LogP) is 7.37. The van der Waals surface area contributed by atoms with Crippen LogP contribution in [0.25, 0.3) is 21.5 Å². The number of rotatable bonds is 9. The highest BCUT2D eigenvalue weighted by atomic mass is 16.5. The number of unbranched alkanes of at least 4 members (excludes halogenated alkanes) is 1. The summed E-state index contributed by atoms with van der Waals surface area (Å²) < 4.78 is 5.61. The molecule has 6 aromatic rings. The van der Waals surface area contributed by atoms with Gasteiger partial charge in [-0.15, -0.1) is 0 Å². The first-order valence-corrected chi connectivity index (χ1v) is 19.6. The zero-order chi connectivity index (χ0) is 37.3. The van der Waals surface area contributed by atoms with Gasteiger partial charge in [0, 0.05) is 32.7 Å². The number of benzene rings is 6. The molecule has 4 aliphatic rings. The van der Waals surface area contributed by atoms with Crippen molar-refractivity contribution >= 4 is 44.8 Å². The maximum absolute atomic E-state index is 16.0. The van der Waals surface area contributed by atoms with Crippen molar-refractivity contribution in [2.75, 3.05) is 51.3 Å². The Morgan fingerprint density at radius 3 is 1.53 bits per heavy atom. The highest BCUT2D eigenvalue weighted by Crippen LogP contribution is 2.72. The standard InChI is InChI=1S/C48H43N3O4/c1-55-39-25-13-12-24-38(39)50-30-28-49(29-31-50)26-14-15-27-51-44(52)42-43(45(51)53)48(33-18-6-3-7-19-33)41-37-23-11-9-21-35(37)34-20-8-10-22-36(34)40(41)47(42,46(48)54)32-16-4-2-5-17-32/h2-13,16-25,42-43H,14-15,26-31H2,1H3. The molecule has 55 heavy (non-hydrogen) atoms. The molecule has 2 aliphatic heterocycles. The number of Topliss-reactive ketones (excluding diaryl/α,β-unsaturated/α-hetero) is 1. The number of hydrogen-bond donors (Lipinski definition) is 0. The number of piperazine rings is 1. The molecule has 2 heterocycles. The maximum Gasteiger partial charge on any atom is 0.234 e. The van der Waals surface area contributed by atoms with Crippen molar-refractivity contribution < 1.29 is 19.1 Å². The fourth-order valence-corrected chi connectivity index (χ4v) is 10.9. The molecule has 274 valence electrons. The minimum atomic E-state index is -1.33. The number of ketones is 1. The molecule has 2 aliphatic carbocycles. The van der Waals surface area contributed by atoms with Gasteiger partial charge in [-0.2, -0.15) is 0 Å². The fourth-order valence-electron chi connectivity index (χ4n) is 10.9. The minimum Gasteiger partial charge on any atom is -0.495 e. The first-order valence-electron chi connectivity index (χ1n) is 19.6. The van der Waals surface area contributed by atoms with Gasteiger partial charge in [-0.25, -0.2) is 0 Å². The molecule has 2 amide bonds. The van der Waals surface area contributed by atoms with Crippen LogP contribution in [0.4, 0.5) is 5.69 Å². The molecule has 3 fully saturated rings. The topological polar surface area (TPSA) is 70.2 Å². The van der Waals surface area contributed by atoms with E-state index in [1.807, 2.05) is 103 Å². The van der Waals surface area contributed by atoms with E-state index in [2.05, 4.69) is 40.1 Å². The SMILES string of the molecule is COc1ccccc1N1CCN(CCCCN2C(=O)C3C(C2=O)C2(c4ccccc4)C(=O)C3(c3ccccc3)c3c2c2ccccc2c2ccccc32)CC1. The average molecular weight is 726 g/mol. The van der Waals surface area contributed by atoms with Crippen LogP contribution >= 0.6 is 0 Å². The van der Waals surface area contributed by atoms with Crippen LogP contribution in [0.15, 0.2) is 133 Å². The van der Waals surface area contributed by atoms with Crippen molar-refractivity contribution in [3.63, 3.8) is 0 Å². The van der Waals surface area contributed by atoms with Gasteiger partial charge in [-0.3, -0.25) is 24.2 Å². The Morgan fingerprint density at radius 1 is 0.545 bits per heavy atom. The lowest BCUT2D eigenvalue weighted by molar-refractivity contribution is -0.143. The van der Waals surface area contributed by atoms with Crippen LogP contribution in [-0.4, -0.2) is 73.8 Å². The molecule has 4 atom stereocenters. The number of ether oxygens (including phenoxy) is 1. The zero-order valence-corrected chi connectivity index (χ0v) is 31.0. The van der Waals surface area contributed by atoms with Crippen LogP contribution < -0.4 is 9.64 Å². The summed E-state index contributed by atoms with van der Waals surface area (Å²) in [6, 6.07) is 44.4. The molecule has 10 rings (SSSR count). The molecule has 0 aromatic heterocycles. The predicted molar refractivity (Wildman–Crippen MR) is 215 cm³/mol. The molecule has 2 saturated heterocycles. The van der Waals surface area contributed by atoms with Crippen molar-refractivity contribution in [3.8, 4) is 5.75 Å². The molecule has 0 radical (unpaired) electrons. The summed E-state index contributed by atoms with van der Waals surface area (Å²) in [5, 5.41) is 4.03. The Bertz CT molecular complexity index is 2360. The van der Waals surface area contributed by atoms with Gasteiger partial charge in [0.2, 0.25) is 11.8 Å². The molecule has 6 aromatic carbocycles. The lowest BCUT2D eigenvalue weighted by Gasteiger charge is -2.38. The highest BCUT2D eigenvalue weighted by Gasteiger charge is 2.82. The maximum atomic E-state index is 16.0. The van der Waals surface area contributed by atoms with E-state index < -0.39 is 22.7 Å². The van der Waals surface area contributed by atoms with Gasteiger partial charge in [0.15, 0.2) is 5.78 Å². The van der Waals surface area contributed by atoms with Crippen LogP contribution in [0, 0.1) is 11.8 Å². The van der Waals surface area contributed by atoms with Gasteiger partial charge in [0.05, 0.1) is 35.5 Å². The summed E-state index contributed by atoms with van der Waals surface area (Å²) >= 11 is 0. The van der Waals surface area contributed by atoms with Gasteiger partial charge in [-0.1, -0.05) is 121 Å². The van der Waals surface area contributed by atoms with E-state index in [1.54, 1.807) is 7.11 Å². The number of nitrogens with zero attached hydrogens (tertiary/aromatic N) is 3.